The van der Waals surface area contributed by atoms with E-state index in [2.05, 4.69) is 28.9 Å². The lowest BCUT2D eigenvalue weighted by Gasteiger charge is -2.36. The molecule has 1 saturated heterocycles. The minimum Gasteiger partial charge on any atom is -0.335 e. The lowest BCUT2D eigenvalue weighted by molar-refractivity contribution is 0.0589. The zero-order valence-corrected chi connectivity index (χ0v) is 13.0. The van der Waals surface area contributed by atoms with Gasteiger partial charge in [-0.1, -0.05) is 18.2 Å². The molecule has 1 aliphatic heterocycles. The van der Waals surface area contributed by atoms with Crippen molar-refractivity contribution in [2.75, 3.05) is 26.2 Å². The molecule has 2 heterocycles. The average molecular weight is 299 g/mol. The second-order valence-electron chi connectivity index (χ2n) is 5.78. The number of nitrogens with zero attached hydrogens (tertiary/aromatic N) is 5. The van der Waals surface area contributed by atoms with Crippen LogP contribution in [0.25, 0.3) is 5.69 Å². The van der Waals surface area contributed by atoms with E-state index in [1.807, 2.05) is 35.2 Å². The highest BCUT2D eigenvalue weighted by molar-refractivity contribution is 5.92. The van der Waals surface area contributed by atoms with Crippen LogP contribution in [0.15, 0.2) is 36.5 Å². The van der Waals surface area contributed by atoms with E-state index in [-0.39, 0.29) is 5.91 Å². The molecule has 3 rings (SSSR count). The Morgan fingerprint density at radius 2 is 1.77 bits per heavy atom. The molecule has 1 amide bonds. The van der Waals surface area contributed by atoms with E-state index in [1.165, 1.54) is 4.80 Å². The fourth-order valence-corrected chi connectivity index (χ4v) is 2.65. The van der Waals surface area contributed by atoms with E-state index >= 15 is 0 Å². The van der Waals surface area contributed by atoms with Gasteiger partial charge in [-0.3, -0.25) is 9.69 Å². The minimum atomic E-state index is -0.0365. The van der Waals surface area contributed by atoms with Crippen LogP contribution in [-0.4, -0.2) is 62.9 Å². The van der Waals surface area contributed by atoms with Gasteiger partial charge in [0.1, 0.15) is 0 Å². The van der Waals surface area contributed by atoms with Crippen LogP contribution in [0.2, 0.25) is 0 Å². The van der Waals surface area contributed by atoms with Crippen molar-refractivity contribution < 1.29 is 4.79 Å². The van der Waals surface area contributed by atoms with Gasteiger partial charge in [0.2, 0.25) is 0 Å². The molecule has 6 heteroatoms. The van der Waals surface area contributed by atoms with Crippen LogP contribution in [0, 0.1) is 0 Å². The fraction of sp³-hybridized carbons (Fsp3) is 0.438. The number of aromatic nitrogens is 3. The highest BCUT2D eigenvalue weighted by Gasteiger charge is 2.25. The Morgan fingerprint density at radius 1 is 1.09 bits per heavy atom. The molecule has 0 atom stereocenters. The van der Waals surface area contributed by atoms with E-state index in [9.17, 15) is 4.79 Å². The quantitative estimate of drug-likeness (QED) is 0.860. The van der Waals surface area contributed by atoms with Gasteiger partial charge in [-0.25, -0.2) is 0 Å². The molecule has 0 N–H and O–H groups in total. The van der Waals surface area contributed by atoms with Crippen LogP contribution in [0.4, 0.5) is 0 Å². The van der Waals surface area contributed by atoms with Gasteiger partial charge in [-0.2, -0.15) is 9.90 Å². The third-order valence-electron chi connectivity index (χ3n) is 4.03. The van der Waals surface area contributed by atoms with Gasteiger partial charge >= 0.3 is 0 Å². The Bertz CT molecular complexity index is 629. The third-order valence-corrected chi connectivity index (χ3v) is 4.03. The summed E-state index contributed by atoms with van der Waals surface area (Å²) in [5.74, 6) is -0.0365. The van der Waals surface area contributed by atoms with Crippen LogP contribution < -0.4 is 0 Å². The van der Waals surface area contributed by atoms with Gasteiger partial charge in [0.25, 0.3) is 5.91 Å². The topological polar surface area (TPSA) is 54.3 Å². The van der Waals surface area contributed by atoms with Crippen molar-refractivity contribution in [3.63, 3.8) is 0 Å². The van der Waals surface area contributed by atoms with E-state index in [0.717, 1.165) is 31.9 Å². The molecule has 1 aromatic heterocycles. The molecular formula is C16H21N5O. The van der Waals surface area contributed by atoms with E-state index < -0.39 is 0 Å². The number of carbonyl (C=O) groups excluding carboxylic acids is 1. The highest BCUT2D eigenvalue weighted by atomic mass is 16.2. The molecule has 2 aromatic rings. The number of rotatable bonds is 3. The zero-order valence-electron chi connectivity index (χ0n) is 13.0. The van der Waals surface area contributed by atoms with Gasteiger partial charge < -0.3 is 4.90 Å². The van der Waals surface area contributed by atoms with Gasteiger partial charge in [0.15, 0.2) is 5.69 Å². The molecule has 0 aliphatic carbocycles. The molecule has 116 valence electrons. The Labute approximate surface area is 130 Å². The van der Waals surface area contributed by atoms with Crippen molar-refractivity contribution in [2.24, 2.45) is 0 Å². The van der Waals surface area contributed by atoms with E-state index in [1.54, 1.807) is 6.20 Å². The Hall–Kier alpha value is -2.21. The lowest BCUT2D eigenvalue weighted by atomic mass is 10.2. The van der Waals surface area contributed by atoms with Crippen LogP contribution in [0.5, 0.6) is 0 Å². The molecule has 0 spiro atoms. The molecular weight excluding hydrogens is 278 g/mol. The summed E-state index contributed by atoms with van der Waals surface area (Å²) in [6.07, 6.45) is 1.55. The predicted octanol–water partition coefficient (Wildman–Crippen LogP) is 1.43. The first-order valence-corrected chi connectivity index (χ1v) is 7.66. The van der Waals surface area contributed by atoms with Crippen LogP contribution >= 0.6 is 0 Å². The standard InChI is InChI=1S/C16H21N5O/c1-13(2)19-8-10-20(11-9-19)16(22)15-12-17-21(18-15)14-6-4-3-5-7-14/h3-7,12-13H,8-11H2,1-2H3. The molecule has 6 nitrogen and oxygen atoms in total. The Balaban J connectivity index is 1.68. The van der Waals surface area contributed by atoms with E-state index in [0.29, 0.717) is 11.7 Å². The monoisotopic (exact) mass is 299 g/mol. The first-order chi connectivity index (χ1) is 10.6. The maximum atomic E-state index is 12.5. The third kappa shape index (κ3) is 3.01. The molecule has 0 saturated carbocycles. The van der Waals surface area contributed by atoms with Gasteiger partial charge in [0, 0.05) is 32.2 Å². The molecule has 22 heavy (non-hydrogen) atoms. The van der Waals surface area contributed by atoms with Crippen molar-refractivity contribution in [1.82, 2.24) is 24.8 Å². The van der Waals surface area contributed by atoms with E-state index in [4.69, 9.17) is 0 Å². The maximum absolute atomic E-state index is 12.5. The summed E-state index contributed by atoms with van der Waals surface area (Å²) in [6.45, 7) is 7.68. The molecule has 1 fully saturated rings. The second kappa shape index (κ2) is 6.27. The first-order valence-electron chi connectivity index (χ1n) is 7.66. The summed E-state index contributed by atoms with van der Waals surface area (Å²) in [4.78, 5) is 18.2. The Morgan fingerprint density at radius 3 is 2.41 bits per heavy atom. The number of hydrogen-bond donors (Lipinski definition) is 0. The van der Waals surface area contributed by atoms with Gasteiger partial charge in [0.05, 0.1) is 11.9 Å². The summed E-state index contributed by atoms with van der Waals surface area (Å²) in [5.41, 5.74) is 1.26. The molecule has 0 radical (unpaired) electrons. The molecule has 0 unspecified atom stereocenters. The number of carbonyl (C=O) groups is 1. The largest absolute Gasteiger partial charge is 0.335 e. The van der Waals surface area contributed by atoms with Crippen molar-refractivity contribution >= 4 is 5.91 Å². The van der Waals surface area contributed by atoms with Crippen molar-refractivity contribution in [2.45, 2.75) is 19.9 Å². The summed E-state index contributed by atoms with van der Waals surface area (Å²) >= 11 is 0. The average Bonchev–Trinajstić information content (AvgIpc) is 3.05. The second-order valence-corrected chi connectivity index (χ2v) is 5.78. The van der Waals surface area contributed by atoms with Gasteiger partial charge in [-0.15, -0.1) is 5.10 Å². The van der Waals surface area contributed by atoms with Crippen LogP contribution in [0.1, 0.15) is 24.3 Å². The van der Waals surface area contributed by atoms with Crippen molar-refractivity contribution in [3.8, 4) is 5.69 Å². The Kier molecular flexibility index (Phi) is 4.20. The van der Waals surface area contributed by atoms with Crippen LogP contribution in [0.3, 0.4) is 0 Å². The lowest BCUT2D eigenvalue weighted by Crippen LogP contribution is -2.50. The zero-order chi connectivity index (χ0) is 15.5. The maximum Gasteiger partial charge on any atom is 0.276 e. The summed E-state index contributed by atoms with van der Waals surface area (Å²) in [6, 6.07) is 10.1. The number of piperazine rings is 1. The van der Waals surface area contributed by atoms with Crippen molar-refractivity contribution in [1.29, 1.82) is 0 Å². The predicted molar refractivity (Wildman–Crippen MR) is 84.0 cm³/mol. The minimum absolute atomic E-state index is 0.0365. The fourth-order valence-electron chi connectivity index (χ4n) is 2.65. The smallest absolute Gasteiger partial charge is 0.276 e. The summed E-state index contributed by atoms with van der Waals surface area (Å²) in [5, 5.41) is 8.50. The number of benzene rings is 1. The first kappa shape index (κ1) is 14.7. The van der Waals surface area contributed by atoms with Crippen molar-refractivity contribution in [3.05, 3.63) is 42.2 Å². The number of hydrogen-bond acceptors (Lipinski definition) is 4. The molecule has 1 aromatic carbocycles. The summed E-state index contributed by atoms with van der Waals surface area (Å²) < 4.78 is 0. The van der Waals surface area contributed by atoms with Crippen LogP contribution in [-0.2, 0) is 0 Å². The van der Waals surface area contributed by atoms with Gasteiger partial charge in [-0.05, 0) is 26.0 Å². The number of amides is 1. The SMILES string of the molecule is CC(C)N1CCN(C(=O)c2cnn(-c3ccccc3)n2)CC1. The highest BCUT2D eigenvalue weighted by Crippen LogP contribution is 2.10. The normalized spacial score (nSPS) is 16.2. The number of para-hydroxylation sites is 1. The summed E-state index contributed by atoms with van der Waals surface area (Å²) in [7, 11) is 0. The molecule has 0 bridgehead atoms. The molecule has 1 aliphatic rings.